The fraction of sp³-hybridized carbons (Fsp3) is 0.350. The second-order valence-corrected chi connectivity index (χ2v) is 7.70. The van der Waals surface area contributed by atoms with Gasteiger partial charge in [0.1, 0.15) is 17.7 Å². The zero-order valence-electron chi connectivity index (χ0n) is 16.5. The molecular formula is C20H18ClF4N3O3. The van der Waals surface area contributed by atoms with Crippen LogP contribution in [0.1, 0.15) is 17.7 Å². The van der Waals surface area contributed by atoms with Crippen LogP contribution in [0, 0.1) is 18.7 Å². The first-order valence-corrected chi connectivity index (χ1v) is 9.54. The highest BCUT2D eigenvalue weighted by Gasteiger charge is 2.43. The molecule has 2 heterocycles. The molecule has 2 atom stereocenters. The first-order valence-electron chi connectivity index (χ1n) is 9.16. The number of anilines is 2. The summed E-state index contributed by atoms with van der Waals surface area (Å²) >= 11 is 5.77. The summed E-state index contributed by atoms with van der Waals surface area (Å²) in [5.41, 5.74) is -0.615. The molecule has 1 aliphatic heterocycles. The highest BCUT2D eigenvalue weighted by atomic mass is 35.5. The number of carbonyl (C=O) groups is 2. The van der Waals surface area contributed by atoms with Crippen LogP contribution in [0.5, 0.6) is 0 Å². The number of nitrogens with zero attached hydrogens (tertiary/aromatic N) is 3. The zero-order valence-corrected chi connectivity index (χ0v) is 17.2. The van der Waals surface area contributed by atoms with Crippen LogP contribution < -0.4 is 9.80 Å². The van der Waals surface area contributed by atoms with Crippen molar-refractivity contribution in [2.45, 2.75) is 25.6 Å². The van der Waals surface area contributed by atoms with Crippen LogP contribution in [-0.2, 0) is 15.8 Å². The number of aromatic nitrogens is 1. The number of carboxylic acids is 1. The van der Waals surface area contributed by atoms with Gasteiger partial charge in [-0.2, -0.15) is 13.2 Å². The largest absolute Gasteiger partial charge is 0.481 e. The molecule has 1 aromatic carbocycles. The molecule has 166 valence electrons. The van der Waals surface area contributed by atoms with E-state index in [2.05, 4.69) is 4.98 Å². The average Bonchev–Trinajstić information content (AvgIpc) is 3.13. The summed E-state index contributed by atoms with van der Waals surface area (Å²) in [6.07, 6.45) is -4.75. The number of halogens is 5. The Morgan fingerprint density at radius 3 is 2.52 bits per heavy atom. The molecule has 0 bridgehead atoms. The van der Waals surface area contributed by atoms with Crippen molar-refractivity contribution >= 4 is 35.0 Å². The monoisotopic (exact) mass is 459 g/mol. The molecule has 0 aliphatic carbocycles. The normalized spacial score (nSPS) is 18.9. The minimum atomic E-state index is -4.63. The first-order chi connectivity index (χ1) is 14.4. The van der Waals surface area contributed by atoms with Crippen LogP contribution in [-0.4, -0.2) is 41.6 Å². The van der Waals surface area contributed by atoms with Gasteiger partial charge in [0.2, 0.25) is 5.91 Å². The van der Waals surface area contributed by atoms with Gasteiger partial charge in [-0.15, -0.1) is 0 Å². The maximum atomic E-state index is 13.5. The quantitative estimate of drug-likeness (QED) is 0.695. The van der Waals surface area contributed by atoms with E-state index in [9.17, 15) is 32.3 Å². The lowest BCUT2D eigenvalue weighted by Crippen LogP contribution is -2.44. The minimum Gasteiger partial charge on any atom is -0.481 e. The van der Waals surface area contributed by atoms with Crippen LogP contribution >= 0.6 is 11.6 Å². The van der Waals surface area contributed by atoms with Gasteiger partial charge in [-0.25, -0.2) is 9.37 Å². The standard InChI is InChI=1S/C20H18ClF4N3O3/c1-10-5-12(20(23,24)25)7-17(26-10)28-9-11(19(30)31)6-16(28)18(29)27(2)13-3-4-15(22)14(21)8-13/h3-5,7-8,11,16H,6,9H2,1-2H3,(H,30,31)/t11-,16-/m0/s1. The number of carboxylic acid groups (broad SMARTS) is 1. The van der Waals surface area contributed by atoms with Crippen LogP contribution in [0.3, 0.4) is 0 Å². The molecule has 1 saturated heterocycles. The number of hydrogen-bond donors (Lipinski definition) is 1. The number of pyridine rings is 1. The van der Waals surface area contributed by atoms with Crippen LogP contribution in [0.4, 0.5) is 29.1 Å². The number of aryl methyl sites for hydroxylation is 1. The third-order valence-electron chi connectivity index (χ3n) is 5.12. The zero-order chi connectivity index (χ0) is 23.1. The van der Waals surface area contributed by atoms with Gasteiger partial charge in [0.05, 0.1) is 16.5 Å². The fourth-order valence-electron chi connectivity index (χ4n) is 3.51. The van der Waals surface area contributed by atoms with Gasteiger partial charge in [-0.05, 0) is 43.7 Å². The Labute approximate surface area is 180 Å². The third-order valence-corrected chi connectivity index (χ3v) is 5.41. The second kappa shape index (κ2) is 8.33. The van der Waals surface area contributed by atoms with Gasteiger partial charge in [0.25, 0.3) is 0 Å². The van der Waals surface area contributed by atoms with Crippen molar-refractivity contribution in [1.82, 2.24) is 4.98 Å². The van der Waals surface area contributed by atoms with Gasteiger partial charge < -0.3 is 14.9 Å². The molecule has 1 N–H and O–H groups in total. The smallest absolute Gasteiger partial charge is 0.416 e. The molecule has 1 aromatic heterocycles. The summed E-state index contributed by atoms with van der Waals surface area (Å²) in [6, 6.07) is 4.22. The molecule has 0 saturated carbocycles. The lowest BCUT2D eigenvalue weighted by molar-refractivity contribution is -0.141. The lowest BCUT2D eigenvalue weighted by atomic mass is 10.1. The summed E-state index contributed by atoms with van der Waals surface area (Å²) in [5, 5.41) is 9.22. The highest BCUT2D eigenvalue weighted by Crippen LogP contribution is 2.35. The Bertz CT molecular complexity index is 1030. The highest BCUT2D eigenvalue weighted by molar-refractivity contribution is 6.31. The van der Waals surface area contributed by atoms with Gasteiger partial charge in [0.15, 0.2) is 0 Å². The van der Waals surface area contributed by atoms with Crippen LogP contribution in [0.25, 0.3) is 0 Å². The van der Waals surface area contributed by atoms with E-state index in [-0.39, 0.29) is 35.2 Å². The molecule has 0 unspecified atom stereocenters. The Kier molecular flexibility index (Phi) is 6.13. The van der Waals surface area contributed by atoms with Crippen molar-refractivity contribution < 1.29 is 32.3 Å². The maximum Gasteiger partial charge on any atom is 0.416 e. The number of benzene rings is 1. The Morgan fingerprint density at radius 1 is 1.26 bits per heavy atom. The predicted octanol–water partition coefficient (Wildman–Crippen LogP) is 4.14. The number of alkyl halides is 3. The number of aliphatic carboxylic acids is 1. The molecule has 0 spiro atoms. The average molecular weight is 460 g/mol. The van der Waals surface area contributed by atoms with Crippen molar-refractivity contribution in [1.29, 1.82) is 0 Å². The summed E-state index contributed by atoms with van der Waals surface area (Å²) in [5.74, 6) is -3.54. The molecular weight excluding hydrogens is 442 g/mol. The van der Waals surface area contributed by atoms with E-state index in [0.717, 1.165) is 23.1 Å². The third kappa shape index (κ3) is 4.73. The van der Waals surface area contributed by atoms with Crippen LogP contribution in [0.2, 0.25) is 5.02 Å². The van der Waals surface area contributed by atoms with Crippen LogP contribution in [0.15, 0.2) is 30.3 Å². The number of likely N-dealkylation sites (N-methyl/N-ethyl adjacent to an activating group) is 1. The molecule has 31 heavy (non-hydrogen) atoms. The topological polar surface area (TPSA) is 73.7 Å². The van der Waals surface area contributed by atoms with E-state index < -0.39 is 41.4 Å². The van der Waals surface area contributed by atoms with Crippen molar-refractivity contribution in [3.63, 3.8) is 0 Å². The van der Waals surface area contributed by atoms with Crippen molar-refractivity contribution in [3.05, 3.63) is 52.4 Å². The van der Waals surface area contributed by atoms with Gasteiger partial charge in [-0.3, -0.25) is 9.59 Å². The number of hydrogen-bond acceptors (Lipinski definition) is 4. The summed E-state index contributed by atoms with van der Waals surface area (Å²) in [6.45, 7) is 1.20. The van der Waals surface area contributed by atoms with Gasteiger partial charge >= 0.3 is 12.1 Å². The minimum absolute atomic E-state index is 0.0773. The van der Waals surface area contributed by atoms with E-state index in [1.54, 1.807) is 0 Å². The molecule has 3 rings (SSSR count). The lowest BCUT2D eigenvalue weighted by Gasteiger charge is -2.29. The van der Waals surface area contributed by atoms with E-state index in [0.29, 0.717) is 0 Å². The second-order valence-electron chi connectivity index (χ2n) is 7.29. The van der Waals surface area contributed by atoms with E-state index in [1.807, 2.05) is 0 Å². The van der Waals surface area contributed by atoms with Crippen molar-refractivity contribution in [3.8, 4) is 0 Å². The SMILES string of the molecule is Cc1cc(C(F)(F)F)cc(N2C[C@@H](C(=O)O)C[C@H]2C(=O)N(C)c2ccc(F)c(Cl)c2)n1. The maximum absolute atomic E-state index is 13.5. The Morgan fingerprint density at radius 2 is 1.94 bits per heavy atom. The molecule has 11 heteroatoms. The van der Waals surface area contributed by atoms with Gasteiger partial charge in [0, 0.05) is 25.0 Å². The number of carbonyl (C=O) groups excluding carboxylic acids is 1. The van der Waals surface area contributed by atoms with Gasteiger partial charge in [-0.1, -0.05) is 11.6 Å². The number of amides is 1. The number of rotatable bonds is 4. The Balaban J connectivity index is 1.99. The summed E-state index contributed by atoms with van der Waals surface area (Å²) < 4.78 is 53.2. The molecule has 6 nitrogen and oxygen atoms in total. The molecule has 1 aliphatic rings. The first kappa shape index (κ1) is 22.8. The fourth-order valence-corrected chi connectivity index (χ4v) is 3.68. The van der Waals surface area contributed by atoms with E-state index in [4.69, 9.17) is 11.6 Å². The molecule has 0 radical (unpaired) electrons. The molecule has 2 aromatic rings. The van der Waals surface area contributed by atoms with Crippen molar-refractivity contribution in [2.24, 2.45) is 5.92 Å². The molecule has 1 fully saturated rings. The predicted molar refractivity (Wildman–Crippen MR) is 106 cm³/mol. The van der Waals surface area contributed by atoms with Crippen molar-refractivity contribution in [2.75, 3.05) is 23.4 Å². The van der Waals surface area contributed by atoms with E-state index in [1.165, 1.54) is 31.0 Å². The molecule has 1 amide bonds. The Hall–Kier alpha value is -2.88. The summed E-state index contributed by atoms with van der Waals surface area (Å²) in [4.78, 5) is 31.3. The van der Waals surface area contributed by atoms with E-state index >= 15 is 0 Å². The summed E-state index contributed by atoms with van der Waals surface area (Å²) in [7, 11) is 1.39.